The van der Waals surface area contributed by atoms with Crippen LogP contribution in [0.1, 0.15) is 29.8 Å². The summed E-state index contributed by atoms with van der Waals surface area (Å²) in [6, 6.07) is 0. The molecule has 1 unspecified atom stereocenters. The second kappa shape index (κ2) is 6.98. The predicted octanol–water partition coefficient (Wildman–Crippen LogP) is 1.62. The van der Waals surface area contributed by atoms with Crippen LogP contribution >= 0.6 is 11.8 Å². The van der Waals surface area contributed by atoms with Crippen LogP contribution in [0, 0.1) is 5.92 Å². The second-order valence-electron chi connectivity index (χ2n) is 6.96. The zero-order valence-electron chi connectivity index (χ0n) is 13.7. The Morgan fingerprint density at radius 2 is 2.21 bits per heavy atom. The van der Waals surface area contributed by atoms with E-state index >= 15 is 0 Å². The number of thioether (sulfide) groups is 1. The van der Waals surface area contributed by atoms with Gasteiger partial charge in [-0.1, -0.05) is 0 Å². The van der Waals surface area contributed by atoms with E-state index in [1.807, 2.05) is 16.7 Å². The number of hydrogen-bond donors (Lipinski definition) is 0. The van der Waals surface area contributed by atoms with Gasteiger partial charge in [-0.2, -0.15) is 0 Å². The third-order valence-electron chi connectivity index (χ3n) is 5.11. The molecule has 3 fully saturated rings. The molecular formula is C17H23N3O3S. The number of carbonyl (C=O) groups excluding carboxylic acids is 1. The molecule has 1 amide bonds. The molecule has 1 atom stereocenters. The van der Waals surface area contributed by atoms with Crippen molar-refractivity contribution in [1.29, 1.82) is 0 Å². The first-order chi connectivity index (χ1) is 11.7. The summed E-state index contributed by atoms with van der Waals surface area (Å²) in [4.78, 5) is 22.3. The standard InChI is InChI=1S/C17H23N3O3S/c21-16(15-8-18-3-4-19-15)20-11-17(12-20)7-14(10-24-17)23-9-13-1-5-22-6-2-13/h3-4,8,13-14H,1-2,5-7,9-12H2. The number of likely N-dealkylation sites (tertiary alicyclic amines) is 1. The van der Waals surface area contributed by atoms with Crippen molar-refractivity contribution in [2.24, 2.45) is 5.92 Å². The van der Waals surface area contributed by atoms with Crippen LogP contribution in [-0.4, -0.2) is 70.3 Å². The van der Waals surface area contributed by atoms with Gasteiger partial charge in [0.15, 0.2) is 0 Å². The molecule has 0 N–H and O–H groups in total. The third-order valence-corrected chi connectivity index (χ3v) is 6.69. The van der Waals surface area contributed by atoms with Crippen LogP contribution in [0.4, 0.5) is 0 Å². The molecular weight excluding hydrogens is 326 g/mol. The smallest absolute Gasteiger partial charge is 0.274 e. The van der Waals surface area contributed by atoms with E-state index < -0.39 is 0 Å². The Morgan fingerprint density at radius 1 is 1.38 bits per heavy atom. The van der Waals surface area contributed by atoms with Crippen molar-refractivity contribution >= 4 is 17.7 Å². The lowest BCUT2D eigenvalue weighted by molar-refractivity contribution is -0.0119. The minimum Gasteiger partial charge on any atom is -0.381 e. The van der Waals surface area contributed by atoms with Gasteiger partial charge in [0.1, 0.15) is 5.69 Å². The van der Waals surface area contributed by atoms with Crippen LogP contribution in [0.25, 0.3) is 0 Å². The molecule has 4 heterocycles. The van der Waals surface area contributed by atoms with Crippen LogP contribution in [0.5, 0.6) is 0 Å². The van der Waals surface area contributed by atoms with Gasteiger partial charge in [-0.15, -0.1) is 11.8 Å². The maximum Gasteiger partial charge on any atom is 0.274 e. The second-order valence-corrected chi connectivity index (χ2v) is 8.45. The summed E-state index contributed by atoms with van der Waals surface area (Å²) in [5.74, 6) is 1.67. The average molecular weight is 349 g/mol. The number of aromatic nitrogens is 2. The Kier molecular flexibility index (Phi) is 4.74. The van der Waals surface area contributed by atoms with Gasteiger partial charge in [0.25, 0.3) is 5.91 Å². The fourth-order valence-electron chi connectivity index (χ4n) is 3.68. The monoisotopic (exact) mass is 349 g/mol. The summed E-state index contributed by atoms with van der Waals surface area (Å²) in [7, 11) is 0. The summed E-state index contributed by atoms with van der Waals surface area (Å²) in [5.41, 5.74) is 0.433. The highest BCUT2D eigenvalue weighted by Crippen LogP contribution is 2.46. The lowest BCUT2D eigenvalue weighted by Crippen LogP contribution is -2.60. The van der Waals surface area contributed by atoms with Crippen LogP contribution in [0.2, 0.25) is 0 Å². The van der Waals surface area contributed by atoms with Gasteiger partial charge >= 0.3 is 0 Å². The molecule has 0 saturated carbocycles. The van der Waals surface area contributed by atoms with E-state index in [1.54, 1.807) is 12.4 Å². The highest BCUT2D eigenvalue weighted by molar-refractivity contribution is 8.01. The minimum absolute atomic E-state index is 0.0131. The lowest BCUT2D eigenvalue weighted by atomic mass is 9.92. The van der Waals surface area contributed by atoms with Crippen LogP contribution in [0.15, 0.2) is 18.6 Å². The van der Waals surface area contributed by atoms with Crippen LogP contribution in [-0.2, 0) is 9.47 Å². The first kappa shape index (κ1) is 16.3. The molecule has 3 aliphatic rings. The molecule has 7 heteroatoms. The lowest BCUT2D eigenvalue weighted by Gasteiger charge is -2.47. The van der Waals surface area contributed by atoms with Gasteiger partial charge < -0.3 is 14.4 Å². The molecule has 1 spiro atoms. The van der Waals surface area contributed by atoms with Gasteiger partial charge in [0.05, 0.1) is 17.0 Å². The molecule has 3 saturated heterocycles. The van der Waals surface area contributed by atoms with E-state index in [4.69, 9.17) is 9.47 Å². The molecule has 0 radical (unpaired) electrons. The number of rotatable bonds is 4. The molecule has 0 aliphatic carbocycles. The van der Waals surface area contributed by atoms with Crippen molar-refractivity contribution in [2.45, 2.75) is 30.1 Å². The minimum atomic E-state index is -0.0131. The maximum absolute atomic E-state index is 12.4. The highest BCUT2D eigenvalue weighted by Gasteiger charge is 2.51. The summed E-state index contributed by atoms with van der Waals surface area (Å²) in [6.07, 6.45) is 8.29. The molecule has 130 valence electrons. The number of carbonyl (C=O) groups is 1. The average Bonchev–Trinajstić information content (AvgIpc) is 3.04. The van der Waals surface area contributed by atoms with Crippen molar-refractivity contribution in [3.05, 3.63) is 24.3 Å². The molecule has 1 aromatic rings. The third kappa shape index (κ3) is 3.43. The fourth-order valence-corrected chi connectivity index (χ4v) is 5.23. The number of nitrogens with zero attached hydrogens (tertiary/aromatic N) is 3. The number of ether oxygens (including phenoxy) is 2. The Labute approximate surface area is 146 Å². The van der Waals surface area contributed by atoms with Gasteiger partial charge in [-0.25, -0.2) is 4.98 Å². The summed E-state index contributed by atoms with van der Waals surface area (Å²) in [5, 5.41) is 0. The Bertz CT molecular complexity index is 574. The first-order valence-corrected chi connectivity index (χ1v) is 9.61. The number of hydrogen-bond acceptors (Lipinski definition) is 6. The summed E-state index contributed by atoms with van der Waals surface area (Å²) in [6.45, 7) is 4.19. The van der Waals surface area contributed by atoms with Crippen molar-refractivity contribution in [2.75, 3.05) is 38.7 Å². The van der Waals surface area contributed by atoms with E-state index in [-0.39, 0.29) is 10.7 Å². The molecule has 6 nitrogen and oxygen atoms in total. The van der Waals surface area contributed by atoms with Crippen LogP contribution < -0.4 is 0 Å². The van der Waals surface area contributed by atoms with E-state index in [9.17, 15) is 4.79 Å². The highest BCUT2D eigenvalue weighted by atomic mass is 32.2. The van der Waals surface area contributed by atoms with Crippen molar-refractivity contribution in [1.82, 2.24) is 14.9 Å². The Hall–Kier alpha value is -1.18. The summed E-state index contributed by atoms with van der Waals surface area (Å²) < 4.78 is 11.7. The normalized spacial score (nSPS) is 26.5. The maximum atomic E-state index is 12.4. The van der Waals surface area contributed by atoms with E-state index in [0.29, 0.717) is 17.7 Å². The first-order valence-electron chi connectivity index (χ1n) is 8.63. The van der Waals surface area contributed by atoms with Gasteiger partial charge in [-0.3, -0.25) is 9.78 Å². The van der Waals surface area contributed by atoms with Crippen molar-refractivity contribution in [3.8, 4) is 0 Å². The van der Waals surface area contributed by atoms with E-state index in [1.165, 1.54) is 6.20 Å². The van der Waals surface area contributed by atoms with E-state index in [0.717, 1.165) is 57.9 Å². The van der Waals surface area contributed by atoms with Crippen molar-refractivity contribution in [3.63, 3.8) is 0 Å². The van der Waals surface area contributed by atoms with Crippen molar-refractivity contribution < 1.29 is 14.3 Å². The topological polar surface area (TPSA) is 64.6 Å². The molecule has 0 aromatic carbocycles. The molecule has 3 aliphatic heterocycles. The Morgan fingerprint density at radius 3 is 2.96 bits per heavy atom. The SMILES string of the molecule is O=C(c1cnccn1)N1CC2(CC(OCC3CCOCC3)CS2)C1. The fraction of sp³-hybridized carbons (Fsp3) is 0.706. The largest absolute Gasteiger partial charge is 0.381 e. The zero-order chi connectivity index (χ0) is 16.4. The molecule has 4 rings (SSSR count). The van der Waals surface area contributed by atoms with Gasteiger partial charge in [-0.05, 0) is 25.2 Å². The quantitative estimate of drug-likeness (QED) is 0.823. The predicted molar refractivity (Wildman–Crippen MR) is 91.0 cm³/mol. The van der Waals surface area contributed by atoms with Gasteiger partial charge in [0.2, 0.25) is 0 Å². The van der Waals surface area contributed by atoms with Crippen LogP contribution in [0.3, 0.4) is 0 Å². The molecule has 1 aromatic heterocycles. The van der Waals surface area contributed by atoms with Gasteiger partial charge in [0, 0.05) is 51.1 Å². The molecule has 0 bridgehead atoms. The zero-order valence-corrected chi connectivity index (χ0v) is 14.5. The molecule has 24 heavy (non-hydrogen) atoms. The number of amides is 1. The Balaban J connectivity index is 1.23. The summed E-state index contributed by atoms with van der Waals surface area (Å²) >= 11 is 1.96. The van der Waals surface area contributed by atoms with E-state index in [2.05, 4.69) is 9.97 Å².